The molecule has 0 spiro atoms. The van der Waals surface area contributed by atoms with Gasteiger partial charge < -0.3 is 10.1 Å². The second-order valence-corrected chi connectivity index (χ2v) is 8.39. The monoisotopic (exact) mass is 464 g/mol. The summed E-state index contributed by atoms with van der Waals surface area (Å²) in [4.78, 5) is 12.3. The largest absolute Gasteiger partial charge is 0.426 e. The molecule has 8 heteroatoms. The molecule has 1 aromatic heterocycles. The second-order valence-electron chi connectivity index (χ2n) is 7.01. The Morgan fingerprint density at radius 3 is 2.56 bits per heavy atom. The number of benzene rings is 3. The SMILES string of the molecule is Cc1ccc(OC(=O)CSc2nnc(CNc3cccc(Cl)c3)n2-c2ccccc2)cc1. The van der Waals surface area contributed by atoms with Crippen molar-refractivity contribution in [3.05, 3.63) is 95.3 Å². The van der Waals surface area contributed by atoms with E-state index in [1.165, 1.54) is 11.8 Å². The van der Waals surface area contributed by atoms with E-state index in [-0.39, 0.29) is 11.7 Å². The van der Waals surface area contributed by atoms with E-state index in [1.807, 2.05) is 78.2 Å². The standard InChI is InChI=1S/C24H21ClN4O2S/c1-17-10-12-21(13-11-17)31-23(30)16-32-24-28-27-22(29(24)20-8-3-2-4-9-20)15-26-19-7-5-6-18(25)14-19/h2-14,26H,15-16H2,1H3. The minimum atomic E-state index is -0.347. The Balaban J connectivity index is 1.48. The average Bonchev–Trinajstić information content (AvgIpc) is 3.21. The van der Waals surface area contributed by atoms with Gasteiger partial charge in [-0.25, -0.2) is 0 Å². The number of esters is 1. The highest BCUT2D eigenvalue weighted by Gasteiger charge is 2.16. The van der Waals surface area contributed by atoms with E-state index in [0.29, 0.717) is 28.3 Å². The van der Waals surface area contributed by atoms with E-state index < -0.39 is 0 Å². The van der Waals surface area contributed by atoms with Crippen molar-refractivity contribution in [3.8, 4) is 11.4 Å². The van der Waals surface area contributed by atoms with Gasteiger partial charge in [-0.1, -0.05) is 65.3 Å². The number of hydrogen-bond donors (Lipinski definition) is 1. The van der Waals surface area contributed by atoms with Gasteiger partial charge in [-0.3, -0.25) is 9.36 Å². The van der Waals surface area contributed by atoms with Crippen LogP contribution in [0.2, 0.25) is 5.02 Å². The van der Waals surface area contributed by atoms with Crippen molar-refractivity contribution in [1.29, 1.82) is 0 Å². The third kappa shape index (κ3) is 5.69. The molecule has 162 valence electrons. The summed E-state index contributed by atoms with van der Waals surface area (Å²) >= 11 is 7.36. The third-order valence-electron chi connectivity index (χ3n) is 4.56. The van der Waals surface area contributed by atoms with Gasteiger partial charge in [0.15, 0.2) is 11.0 Å². The lowest BCUT2D eigenvalue weighted by molar-refractivity contribution is -0.131. The molecule has 1 N–H and O–H groups in total. The lowest BCUT2D eigenvalue weighted by atomic mass is 10.2. The number of rotatable bonds is 8. The fourth-order valence-corrected chi connectivity index (χ4v) is 3.95. The van der Waals surface area contributed by atoms with Crippen LogP contribution in [0.5, 0.6) is 5.75 Å². The van der Waals surface area contributed by atoms with Crippen LogP contribution in [-0.4, -0.2) is 26.5 Å². The Hall–Kier alpha value is -3.29. The molecule has 0 saturated heterocycles. The van der Waals surface area contributed by atoms with Crippen molar-refractivity contribution in [3.63, 3.8) is 0 Å². The smallest absolute Gasteiger partial charge is 0.321 e. The lowest BCUT2D eigenvalue weighted by Gasteiger charge is -2.11. The predicted molar refractivity (Wildman–Crippen MR) is 128 cm³/mol. The van der Waals surface area contributed by atoms with E-state index in [2.05, 4.69) is 15.5 Å². The van der Waals surface area contributed by atoms with Gasteiger partial charge in [-0.05, 0) is 49.4 Å². The van der Waals surface area contributed by atoms with E-state index >= 15 is 0 Å². The first kappa shape index (κ1) is 21.9. The zero-order chi connectivity index (χ0) is 22.3. The highest BCUT2D eigenvalue weighted by Crippen LogP contribution is 2.24. The molecule has 32 heavy (non-hydrogen) atoms. The van der Waals surface area contributed by atoms with E-state index in [1.54, 1.807) is 12.1 Å². The van der Waals surface area contributed by atoms with Crippen molar-refractivity contribution in [2.24, 2.45) is 0 Å². The van der Waals surface area contributed by atoms with Gasteiger partial charge in [0, 0.05) is 16.4 Å². The maximum Gasteiger partial charge on any atom is 0.321 e. The molecule has 4 rings (SSSR count). The van der Waals surface area contributed by atoms with Crippen molar-refractivity contribution >= 4 is 35.0 Å². The Labute approximate surface area is 195 Å². The molecule has 3 aromatic carbocycles. The molecule has 0 amide bonds. The van der Waals surface area contributed by atoms with Crippen LogP contribution in [0.1, 0.15) is 11.4 Å². The number of nitrogens with zero attached hydrogens (tertiary/aromatic N) is 3. The number of aromatic nitrogens is 3. The van der Waals surface area contributed by atoms with Crippen LogP contribution in [0.25, 0.3) is 5.69 Å². The van der Waals surface area contributed by atoms with Gasteiger partial charge in [0.1, 0.15) is 5.75 Å². The summed E-state index contributed by atoms with van der Waals surface area (Å²) in [5.74, 6) is 1.00. The number of para-hydroxylation sites is 1. The normalized spacial score (nSPS) is 10.7. The topological polar surface area (TPSA) is 69.0 Å². The summed E-state index contributed by atoms with van der Waals surface area (Å²) < 4.78 is 7.35. The second kappa shape index (κ2) is 10.3. The number of nitrogens with one attached hydrogen (secondary N) is 1. The zero-order valence-corrected chi connectivity index (χ0v) is 18.9. The molecule has 0 fully saturated rings. The first-order chi connectivity index (χ1) is 15.6. The molecule has 1 heterocycles. The summed E-state index contributed by atoms with van der Waals surface area (Å²) in [5, 5.41) is 13.2. The number of anilines is 1. The highest BCUT2D eigenvalue weighted by molar-refractivity contribution is 7.99. The summed E-state index contributed by atoms with van der Waals surface area (Å²) in [6, 6.07) is 24.7. The molecule has 0 aliphatic carbocycles. The summed E-state index contributed by atoms with van der Waals surface area (Å²) in [6.07, 6.45) is 0. The Kier molecular flexibility index (Phi) is 7.09. The Bertz CT molecular complexity index is 1200. The Morgan fingerprint density at radius 2 is 1.81 bits per heavy atom. The fraction of sp³-hybridized carbons (Fsp3) is 0.125. The van der Waals surface area contributed by atoms with Crippen LogP contribution in [-0.2, 0) is 11.3 Å². The van der Waals surface area contributed by atoms with Gasteiger partial charge >= 0.3 is 5.97 Å². The number of carbonyl (C=O) groups excluding carboxylic acids is 1. The number of hydrogen-bond acceptors (Lipinski definition) is 6. The van der Waals surface area contributed by atoms with Crippen molar-refractivity contribution in [2.45, 2.75) is 18.6 Å². The molecule has 6 nitrogen and oxygen atoms in total. The first-order valence-corrected chi connectivity index (χ1v) is 11.3. The fourth-order valence-electron chi connectivity index (χ4n) is 3.01. The van der Waals surface area contributed by atoms with Crippen LogP contribution in [0.15, 0.2) is 84.0 Å². The van der Waals surface area contributed by atoms with E-state index in [0.717, 1.165) is 16.9 Å². The number of aryl methyl sites for hydroxylation is 1. The number of thioether (sulfide) groups is 1. The Morgan fingerprint density at radius 1 is 1.03 bits per heavy atom. The van der Waals surface area contributed by atoms with Gasteiger partial charge in [-0.15, -0.1) is 10.2 Å². The van der Waals surface area contributed by atoms with Gasteiger partial charge in [-0.2, -0.15) is 0 Å². The van der Waals surface area contributed by atoms with Crippen LogP contribution >= 0.6 is 23.4 Å². The maximum atomic E-state index is 12.3. The van der Waals surface area contributed by atoms with Crippen LogP contribution in [0.3, 0.4) is 0 Å². The van der Waals surface area contributed by atoms with Gasteiger partial charge in [0.05, 0.1) is 12.3 Å². The maximum absolute atomic E-state index is 12.3. The highest BCUT2D eigenvalue weighted by atomic mass is 35.5. The zero-order valence-electron chi connectivity index (χ0n) is 17.4. The van der Waals surface area contributed by atoms with E-state index in [4.69, 9.17) is 16.3 Å². The van der Waals surface area contributed by atoms with Crippen LogP contribution in [0, 0.1) is 6.92 Å². The molecule has 0 bridgehead atoms. The summed E-state index contributed by atoms with van der Waals surface area (Å²) in [7, 11) is 0. The molecule has 0 aliphatic heterocycles. The van der Waals surface area contributed by atoms with E-state index in [9.17, 15) is 4.79 Å². The molecule has 0 saturated carbocycles. The molecule has 0 aliphatic rings. The van der Waals surface area contributed by atoms with Gasteiger partial charge in [0.25, 0.3) is 0 Å². The molecule has 0 atom stereocenters. The first-order valence-electron chi connectivity index (χ1n) is 9.98. The molecule has 0 radical (unpaired) electrons. The van der Waals surface area contributed by atoms with Crippen molar-refractivity contribution in [2.75, 3.05) is 11.1 Å². The molecular formula is C24H21ClN4O2S. The summed E-state index contributed by atoms with van der Waals surface area (Å²) in [5.41, 5.74) is 2.90. The number of halogens is 1. The van der Waals surface area contributed by atoms with Crippen LogP contribution in [0.4, 0.5) is 5.69 Å². The lowest BCUT2D eigenvalue weighted by Crippen LogP contribution is -2.12. The molecular weight excluding hydrogens is 444 g/mol. The van der Waals surface area contributed by atoms with Crippen LogP contribution < -0.4 is 10.1 Å². The quantitative estimate of drug-likeness (QED) is 0.210. The van der Waals surface area contributed by atoms with Crippen molar-refractivity contribution < 1.29 is 9.53 Å². The summed E-state index contributed by atoms with van der Waals surface area (Å²) in [6.45, 7) is 2.42. The third-order valence-corrected chi connectivity index (χ3v) is 5.70. The average molecular weight is 465 g/mol. The molecule has 4 aromatic rings. The van der Waals surface area contributed by atoms with Gasteiger partial charge in [0.2, 0.25) is 0 Å². The van der Waals surface area contributed by atoms with Crippen molar-refractivity contribution in [1.82, 2.24) is 14.8 Å². The minimum Gasteiger partial charge on any atom is -0.426 e. The minimum absolute atomic E-state index is 0.112. The molecule has 0 unspecified atom stereocenters. The predicted octanol–water partition coefficient (Wildman–Crippen LogP) is 5.54. The number of carbonyl (C=O) groups is 1. The number of ether oxygens (including phenoxy) is 1.